The summed E-state index contributed by atoms with van der Waals surface area (Å²) < 4.78 is 0. The molecule has 0 heterocycles. The summed E-state index contributed by atoms with van der Waals surface area (Å²) >= 11 is 0. The van der Waals surface area contributed by atoms with Gasteiger partial charge in [0.25, 0.3) is 0 Å². The summed E-state index contributed by atoms with van der Waals surface area (Å²) in [5, 5.41) is 12.3. The van der Waals surface area contributed by atoms with Crippen molar-refractivity contribution in [3.05, 3.63) is 35.4 Å². The maximum Gasteiger partial charge on any atom is 0.0991 e. The van der Waals surface area contributed by atoms with Gasteiger partial charge in [-0.3, -0.25) is 0 Å². The van der Waals surface area contributed by atoms with Crippen molar-refractivity contribution in [3.8, 4) is 6.07 Å². The van der Waals surface area contributed by atoms with Gasteiger partial charge < -0.3 is 5.32 Å². The average Bonchev–Trinajstić information content (AvgIpc) is 3.02. The van der Waals surface area contributed by atoms with Crippen LogP contribution in [0.5, 0.6) is 0 Å². The Morgan fingerprint density at radius 3 is 2.61 bits per heavy atom. The van der Waals surface area contributed by atoms with Gasteiger partial charge in [0, 0.05) is 6.54 Å². The second-order valence-corrected chi connectivity index (χ2v) is 5.87. The molecular weight excluding hydrogens is 220 g/mol. The van der Waals surface area contributed by atoms with Gasteiger partial charge in [-0.2, -0.15) is 5.26 Å². The Kier molecular flexibility index (Phi) is 3.34. The van der Waals surface area contributed by atoms with Crippen LogP contribution < -0.4 is 5.32 Å². The Balaban J connectivity index is 1.45. The van der Waals surface area contributed by atoms with Gasteiger partial charge in [-0.25, -0.2) is 0 Å². The average molecular weight is 240 g/mol. The van der Waals surface area contributed by atoms with E-state index in [-0.39, 0.29) is 0 Å². The summed E-state index contributed by atoms with van der Waals surface area (Å²) in [6.07, 6.45) is 5.89. The molecule has 94 valence electrons. The molecule has 3 unspecified atom stereocenters. The molecule has 2 bridgehead atoms. The van der Waals surface area contributed by atoms with E-state index in [2.05, 4.69) is 11.4 Å². The molecule has 1 aromatic rings. The molecule has 2 fully saturated rings. The fourth-order valence-corrected chi connectivity index (χ4v) is 3.73. The van der Waals surface area contributed by atoms with Crippen molar-refractivity contribution < 1.29 is 0 Å². The lowest BCUT2D eigenvalue weighted by atomic mass is 9.89. The van der Waals surface area contributed by atoms with E-state index in [1.807, 2.05) is 24.3 Å². The highest BCUT2D eigenvalue weighted by atomic mass is 14.9. The highest BCUT2D eigenvalue weighted by Crippen LogP contribution is 2.47. The zero-order valence-electron chi connectivity index (χ0n) is 10.7. The Labute approximate surface area is 109 Å². The molecule has 0 aliphatic heterocycles. The number of hydrogen-bond acceptors (Lipinski definition) is 2. The Hall–Kier alpha value is -1.33. The van der Waals surface area contributed by atoms with Gasteiger partial charge in [0.2, 0.25) is 0 Å². The van der Waals surface area contributed by atoms with Gasteiger partial charge in [0.1, 0.15) is 0 Å². The molecule has 1 N–H and O–H groups in total. The Morgan fingerprint density at radius 2 is 2.00 bits per heavy atom. The number of nitrogens with zero attached hydrogens (tertiary/aromatic N) is 1. The number of nitriles is 1. The lowest BCUT2D eigenvalue weighted by Gasteiger charge is -2.21. The van der Waals surface area contributed by atoms with E-state index in [4.69, 9.17) is 5.26 Å². The van der Waals surface area contributed by atoms with Crippen LogP contribution in [-0.4, -0.2) is 6.54 Å². The lowest BCUT2D eigenvalue weighted by molar-refractivity contribution is 0.318. The minimum Gasteiger partial charge on any atom is -0.312 e. The standard InChI is InChI=1S/C16H20N2/c17-9-12-1-3-13(4-2-12)10-18-11-16-8-14-5-6-15(16)7-14/h1-4,14-16,18H,5-8,10-11H2. The molecule has 0 saturated heterocycles. The molecule has 0 spiro atoms. The molecule has 0 radical (unpaired) electrons. The van der Waals surface area contributed by atoms with E-state index in [9.17, 15) is 0 Å². The van der Waals surface area contributed by atoms with E-state index in [0.29, 0.717) is 0 Å². The summed E-state index contributed by atoms with van der Waals surface area (Å²) in [7, 11) is 0. The molecule has 2 nitrogen and oxygen atoms in total. The molecule has 0 aromatic heterocycles. The third-order valence-electron chi connectivity index (χ3n) is 4.70. The van der Waals surface area contributed by atoms with Crippen LogP contribution in [0, 0.1) is 29.1 Å². The summed E-state index contributed by atoms with van der Waals surface area (Å²) in [5.74, 6) is 2.96. The predicted octanol–water partition coefficient (Wildman–Crippen LogP) is 3.08. The van der Waals surface area contributed by atoms with Crippen LogP contribution >= 0.6 is 0 Å². The molecule has 3 rings (SSSR count). The van der Waals surface area contributed by atoms with Crippen LogP contribution in [0.4, 0.5) is 0 Å². The number of hydrogen-bond donors (Lipinski definition) is 1. The minimum absolute atomic E-state index is 0.742. The highest BCUT2D eigenvalue weighted by Gasteiger charge is 2.38. The first-order valence-corrected chi connectivity index (χ1v) is 7.05. The quantitative estimate of drug-likeness (QED) is 0.878. The second kappa shape index (κ2) is 5.12. The molecule has 1 aromatic carbocycles. The van der Waals surface area contributed by atoms with E-state index in [1.165, 1.54) is 37.8 Å². The first kappa shape index (κ1) is 11.7. The Bertz CT molecular complexity index is 443. The van der Waals surface area contributed by atoms with Crippen molar-refractivity contribution in [2.75, 3.05) is 6.54 Å². The summed E-state index contributed by atoms with van der Waals surface area (Å²) in [6.45, 7) is 2.10. The number of nitrogens with one attached hydrogen (secondary N) is 1. The normalized spacial score (nSPS) is 29.4. The van der Waals surface area contributed by atoms with E-state index < -0.39 is 0 Å². The molecule has 3 atom stereocenters. The van der Waals surface area contributed by atoms with Crippen LogP contribution in [0.15, 0.2) is 24.3 Å². The van der Waals surface area contributed by atoms with Gasteiger partial charge in [-0.15, -0.1) is 0 Å². The number of rotatable bonds is 4. The van der Waals surface area contributed by atoms with E-state index >= 15 is 0 Å². The van der Waals surface area contributed by atoms with Crippen molar-refractivity contribution in [1.29, 1.82) is 5.26 Å². The zero-order valence-corrected chi connectivity index (χ0v) is 10.7. The minimum atomic E-state index is 0.742. The van der Waals surface area contributed by atoms with Crippen LogP contribution in [0.25, 0.3) is 0 Å². The maximum absolute atomic E-state index is 8.74. The van der Waals surface area contributed by atoms with Crippen molar-refractivity contribution in [2.45, 2.75) is 32.2 Å². The Morgan fingerprint density at radius 1 is 1.17 bits per heavy atom. The van der Waals surface area contributed by atoms with Crippen molar-refractivity contribution in [2.24, 2.45) is 17.8 Å². The van der Waals surface area contributed by atoms with Crippen LogP contribution in [-0.2, 0) is 6.54 Å². The number of benzene rings is 1. The monoisotopic (exact) mass is 240 g/mol. The fourth-order valence-electron chi connectivity index (χ4n) is 3.73. The smallest absolute Gasteiger partial charge is 0.0991 e. The van der Waals surface area contributed by atoms with Gasteiger partial charge >= 0.3 is 0 Å². The lowest BCUT2D eigenvalue weighted by Crippen LogP contribution is -2.26. The fraction of sp³-hybridized carbons (Fsp3) is 0.562. The maximum atomic E-state index is 8.74. The topological polar surface area (TPSA) is 35.8 Å². The van der Waals surface area contributed by atoms with Crippen LogP contribution in [0.1, 0.15) is 36.8 Å². The molecule has 2 heteroatoms. The molecule has 0 amide bonds. The number of fused-ring (bicyclic) bond motifs is 2. The highest BCUT2D eigenvalue weighted by molar-refractivity contribution is 5.31. The summed E-state index contributed by atoms with van der Waals surface area (Å²) in [4.78, 5) is 0. The largest absolute Gasteiger partial charge is 0.312 e. The van der Waals surface area contributed by atoms with Gasteiger partial charge in [-0.05, 0) is 61.3 Å². The third kappa shape index (κ3) is 2.42. The predicted molar refractivity (Wildman–Crippen MR) is 71.8 cm³/mol. The van der Waals surface area contributed by atoms with E-state index in [1.54, 1.807) is 0 Å². The molecular formula is C16H20N2. The van der Waals surface area contributed by atoms with Crippen LogP contribution in [0.2, 0.25) is 0 Å². The van der Waals surface area contributed by atoms with Gasteiger partial charge in [0.15, 0.2) is 0 Å². The first-order chi connectivity index (χ1) is 8.85. The summed E-state index contributed by atoms with van der Waals surface area (Å²) in [5.41, 5.74) is 2.02. The SMILES string of the molecule is N#Cc1ccc(CNCC2CC3CCC2C3)cc1. The van der Waals surface area contributed by atoms with Crippen LogP contribution in [0.3, 0.4) is 0 Å². The van der Waals surface area contributed by atoms with Gasteiger partial charge in [-0.1, -0.05) is 18.6 Å². The summed E-state index contributed by atoms with van der Waals surface area (Å²) in [6, 6.07) is 10.0. The third-order valence-corrected chi connectivity index (χ3v) is 4.70. The van der Waals surface area contributed by atoms with Gasteiger partial charge in [0.05, 0.1) is 11.6 Å². The van der Waals surface area contributed by atoms with Crippen molar-refractivity contribution in [3.63, 3.8) is 0 Å². The second-order valence-electron chi connectivity index (χ2n) is 5.87. The molecule has 2 saturated carbocycles. The van der Waals surface area contributed by atoms with Crippen molar-refractivity contribution >= 4 is 0 Å². The molecule has 18 heavy (non-hydrogen) atoms. The molecule has 2 aliphatic carbocycles. The van der Waals surface area contributed by atoms with E-state index in [0.717, 1.165) is 29.9 Å². The zero-order chi connectivity index (χ0) is 12.4. The van der Waals surface area contributed by atoms with Crippen molar-refractivity contribution in [1.82, 2.24) is 5.32 Å². The molecule has 2 aliphatic rings. The first-order valence-electron chi connectivity index (χ1n) is 7.05.